The van der Waals surface area contributed by atoms with E-state index in [1.54, 1.807) is 6.07 Å². The maximum absolute atomic E-state index is 13.1. The van der Waals surface area contributed by atoms with Gasteiger partial charge in [-0.2, -0.15) is 14.0 Å². The van der Waals surface area contributed by atoms with Crippen molar-refractivity contribution in [2.24, 2.45) is 0 Å². The molecule has 1 rings (SSSR count). The van der Waals surface area contributed by atoms with E-state index in [2.05, 4.69) is 0 Å². The molecule has 0 heterocycles. The minimum atomic E-state index is -4.90. The third kappa shape index (κ3) is 2.64. The van der Waals surface area contributed by atoms with E-state index in [0.717, 1.165) is 18.2 Å². The third-order valence-corrected chi connectivity index (χ3v) is 2.56. The lowest BCUT2D eigenvalue weighted by molar-refractivity contribution is 0.236. The summed E-state index contributed by atoms with van der Waals surface area (Å²) in [5, 5.41) is 8.40. The average Bonchev–Trinajstić information content (AvgIpc) is 2.20. The van der Waals surface area contributed by atoms with E-state index >= 15 is 0 Å². The highest BCUT2D eigenvalue weighted by atomic mass is 32.2. The third-order valence-electron chi connectivity index (χ3n) is 1.58. The second kappa shape index (κ2) is 4.40. The summed E-state index contributed by atoms with van der Waals surface area (Å²) in [6, 6.07) is 4.35. The van der Waals surface area contributed by atoms with Crippen LogP contribution in [0.1, 0.15) is 5.56 Å². The molecule has 1 aromatic carbocycles. The molecule has 0 spiro atoms. The van der Waals surface area contributed by atoms with Crippen molar-refractivity contribution >= 4 is 15.7 Å². The highest BCUT2D eigenvalue weighted by Gasteiger charge is 2.24. The van der Waals surface area contributed by atoms with Crippen LogP contribution in [0.3, 0.4) is 0 Å². The number of nitriles is 1. The lowest BCUT2D eigenvalue weighted by Gasteiger charge is -2.07. The van der Waals surface area contributed by atoms with E-state index in [0.29, 0.717) is 0 Å². The number of hydrogen-bond acceptors (Lipinski definition) is 3. The molecule has 4 nitrogen and oxygen atoms in total. The van der Waals surface area contributed by atoms with Crippen molar-refractivity contribution in [2.45, 2.75) is 5.76 Å². The van der Waals surface area contributed by atoms with Crippen LogP contribution < -0.4 is 4.72 Å². The minimum Gasteiger partial charge on any atom is -0.276 e. The molecular formula is C8H5F3N2O2S. The number of hydrogen-bond donors (Lipinski definition) is 1. The van der Waals surface area contributed by atoms with Gasteiger partial charge in [-0.15, -0.1) is 0 Å². The maximum Gasteiger partial charge on any atom is 0.355 e. The van der Waals surface area contributed by atoms with Gasteiger partial charge in [-0.05, 0) is 18.2 Å². The first-order valence-corrected chi connectivity index (χ1v) is 5.41. The van der Waals surface area contributed by atoms with Crippen LogP contribution in [0.2, 0.25) is 0 Å². The predicted molar refractivity (Wildman–Crippen MR) is 49.7 cm³/mol. The molecule has 0 bridgehead atoms. The molecule has 0 aliphatic rings. The molecule has 1 aromatic rings. The summed E-state index contributed by atoms with van der Waals surface area (Å²) in [7, 11) is -4.90. The maximum atomic E-state index is 13.1. The van der Waals surface area contributed by atoms with Crippen LogP contribution in [0, 0.1) is 17.1 Å². The van der Waals surface area contributed by atoms with Gasteiger partial charge in [0, 0.05) is 0 Å². The zero-order chi connectivity index (χ0) is 12.3. The number of halogens is 3. The number of nitrogens with zero attached hydrogens (tertiary/aromatic N) is 1. The molecule has 0 unspecified atom stereocenters. The molecule has 1 N–H and O–H groups in total. The van der Waals surface area contributed by atoms with Crippen molar-refractivity contribution in [3.05, 3.63) is 29.6 Å². The largest absolute Gasteiger partial charge is 0.355 e. The molecule has 0 fully saturated rings. The SMILES string of the molecule is N#Cc1ccc(NS(=O)(=O)C(F)F)c(F)c1. The molecule has 0 aromatic heterocycles. The van der Waals surface area contributed by atoms with Crippen molar-refractivity contribution in [3.63, 3.8) is 0 Å². The van der Waals surface area contributed by atoms with Gasteiger partial charge in [0.1, 0.15) is 5.82 Å². The fourth-order valence-corrected chi connectivity index (χ4v) is 1.43. The second-order valence-corrected chi connectivity index (χ2v) is 4.36. The van der Waals surface area contributed by atoms with Crippen LogP contribution in [-0.4, -0.2) is 14.2 Å². The Kier molecular flexibility index (Phi) is 3.39. The fraction of sp³-hybridized carbons (Fsp3) is 0.125. The molecule has 0 amide bonds. The topological polar surface area (TPSA) is 70.0 Å². The van der Waals surface area contributed by atoms with E-state index < -0.39 is 27.3 Å². The number of rotatable bonds is 3. The van der Waals surface area contributed by atoms with Gasteiger partial charge in [0.2, 0.25) is 0 Å². The highest BCUT2D eigenvalue weighted by molar-refractivity contribution is 7.93. The molecule has 0 radical (unpaired) electrons. The van der Waals surface area contributed by atoms with Crippen molar-refractivity contribution in [1.82, 2.24) is 0 Å². The van der Waals surface area contributed by atoms with E-state index in [4.69, 9.17) is 5.26 Å². The molecule has 0 saturated carbocycles. The second-order valence-electron chi connectivity index (χ2n) is 2.71. The number of anilines is 1. The normalized spacial score (nSPS) is 11.2. The Morgan fingerprint density at radius 3 is 2.44 bits per heavy atom. The van der Waals surface area contributed by atoms with E-state index in [1.807, 2.05) is 0 Å². The monoisotopic (exact) mass is 250 g/mol. The van der Waals surface area contributed by atoms with Crippen molar-refractivity contribution in [2.75, 3.05) is 4.72 Å². The Bertz CT molecular complexity index is 537. The Morgan fingerprint density at radius 2 is 2.00 bits per heavy atom. The van der Waals surface area contributed by atoms with Crippen LogP contribution in [0.15, 0.2) is 18.2 Å². The summed E-state index contributed by atoms with van der Waals surface area (Å²) in [4.78, 5) is 0. The van der Waals surface area contributed by atoms with Crippen LogP contribution in [0.25, 0.3) is 0 Å². The molecule has 86 valence electrons. The zero-order valence-electron chi connectivity index (χ0n) is 7.62. The van der Waals surface area contributed by atoms with Crippen molar-refractivity contribution < 1.29 is 21.6 Å². The first-order chi connectivity index (χ1) is 7.36. The molecule has 0 aliphatic carbocycles. The summed E-state index contributed by atoms with van der Waals surface area (Å²) >= 11 is 0. The van der Waals surface area contributed by atoms with Gasteiger partial charge in [-0.1, -0.05) is 0 Å². The Morgan fingerprint density at radius 1 is 1.38 bits per heavy atom. The van der Waals surface area contributed by atoms with Gasteiger partial charge in [-0.3, -0.25) is 4.72 Å². The summed E-state index contributed by atoms with van der Waals surface area (Å²) in [5.41, 5.74) is -0.670. The minimum absolute atomic E-state index is 0.0440. The first kappa shape index (κ1) is 12.3. The fourth-order valence-electron chi connectivity index (χ4n) is 0.865. The molecular weight excluding hydrogens is 245 g/mol. The van der Waals surface area contributed by atoms with Gasteiger partial charge in [0.05, 0.1) is 17.3 Å². The zero-order valence-corrected chi connectivity index (χ0v) is 8.43. The van der Waals surface area contributed by atoms with Crippen LogP contribution in [0.4, 0.5) is 18.9 Å². The van der Waals surface area contributed by atoms with Gasteiger partial charge in [0.15, 0.2) is 0 Å². The summed E-state index contributed by atoms with van der Waals surface area (Å²) in [5.74, 6) is -4.74. The lowest BCUT2D eigenvalue weighted by atomic mass is 10.2. The van der Waals surface area contributed by atoms with Gasteiger partial charge in [-0.25, -0.2) is 12.8 Å². The molecule has 16 heavy (non-hydrogen) atoms. The van der Waals surface area contributed by atoms with Crippen LogP contribution >= 0.6 is 0 Å². The quantitative estimate of drug-likeness (QED) is 0.886. The molecule has 8 heteroatoms. The number of sulfonamides is 1. The number of alkyl halides is 2. The van der Waals surface area contributed by atoms with Crippen molar-refractivity contribution in [3.8, 4) is 6.07 Å². The summed E-state index contributed by atoms with van der Waals surface area (Å²) in [6.45, 7) is 0. The first-order valence-electron chi connectivity index (χ1n) is 3.86. The average molecular weight is 250 g/mol. The standard InChI is InChI=1S/C8H5F3N2O2S/c9-6-3-5(4-12)1-2-7(6)13-16(14,15)8(10)11/h1-3,8,13H. The Labute approximate surface area is 89.4 Å². The van der Waals surface area contributed by atoms with E-state index in [-0.39, 0.29) is 5.56 Å². The van der Waals surface area contributed by atoms with Crippen LogP contribution in [-0.2, 0) is 10.0 Å². The summed E-state index contributed by atoms with van der Waals surface area (Å²) < 4.78 is 59.8. The van der Waals surface area contributed by atoms with E-state index in [9.17, 15) is 21.6 Å². The molecule has 0 aliphatic heterocycles. The Hall–Kier alpha value is -1.75. The molecule has 0 saturated heterocycles. The lowest BCUT2D eigenvalue weighted by Crippen LogP contribution is -2.21. The predicted octanol–water partition coefficient (Wildman–Crippen LogP) is 1.66. The smallest absolute Gasteiger partial charge is 0.276 e. The highest BCUT2D eigenvalue weighted by Crippen LogP contribution is 2.18. The number of benzene rings is 1. The number of nitrogens with one attached hydrogen (secondary N) is 1. The van der Waals surface area contributed by atoms with Crippen LogP contribution in [0.5, 0.6) is 0 Å². The van der Waals surface area contributed by atoms with E-state index in [1.165, 1.54) is 4.72 Å². The molecule has 0 atom stereocenters. The van der Waals surface area contributed by atoms with Gasteiger partial charge >= 0.3 is 5.76 Å². The van der Waals surface area contributed by atoms with Crippen molar-refractivity contribution in [1.29, 1.82) is 5.26 Å². The summed E-state index contributed by atoms with van der Waals surface area (Å²) in [6.07, 6.45) is 0. The Balaban J connectivity index is 3.05. The van der Waals surface area contributed by atoms with Gasteiger partial charge in [0.25, 0.3) is 10.0 Å². The van der Waals surface area contributed by atoms with Gasteiger partial charge < -0.3 is 0 Å².